The lowest BCUT2D eigenvalue weighted by Crippen LogP contribution is -2.37. The molecule has 0 spiro atoms. The number of sulfonamides is 1. The minimum Gasteiger partial charge on any atom is -0.313 e. The van der Waals surface area contributed by atoms with Crippen molar-refractivity contribution < 1.29 is 8.42 Å². The van der Waals surface area contributed by atoms with Gasteiger partial charge in [0.1, 0.15) is 0 Å². The van der Waals surface area contributed by atoms with Gasteiger partial charge in [-0.25, -0.2) is 13.1 Å². The summed E-state index contributed by atoms with van der Waals surface area (Å²) >= 11 is 0. The summed E-state index contributed by atoms with van der Waals surface area (Å²) < 4.78 is 27.6. The molecule has 1 aromatic carbocycles. The quantitative estimate of drug-likeness (QED) is 0.814. The van der Waals surface area contributed by atoms with E-state index < -0.39 is 10.0 Å². The Balaban J connectivity index is 2.94. The van der Waals surface area contributed by atoms with Gasteiger partial charge in [0.2, 0.25) is 10.0 Å². The number of nitrogens with one attached hydrogen (secondary N) is 2. The lowest BCUT2D eigenvalue weighted by atomic mass is 9.81. The molecule has 2 N–H and O–H groups in total. The predicted molar refractivity (Wildman–Crippen MR) is 87.7 cm³/mol. The van der Waals surface area contributed by atoms with Crippen molar-refractivity contribution in [3.63, 3.8) is 0 Å². The second-order valence-electron chi connectivity index (χ2n) is 6.55. The summed E-state index contributed by atoms with van der Waals surface area (Å²) in [5, 5.41) is 3.12. The fraction of sp³-hybridized carbons (Fsp3) is 0.625. The van der Waals surface area contributed by atoms with Crippen LogP contribution in [0.5, 0.6) is 0 Å². The lowest BCUT2D eigenvalue weighted by molar-refractivity contribution is 0.252. The van der Waals surface area contributed by atoms with Crippen LogP contribution in [-0.4, -0.2) is 22.0 Å². The molecule has 0 aliphatic rings. The summed E-state index contributed by atoms with van der Waals surface area (Å²) in [7, 11) is -1.61. The van der Waals surface area contributed by atoms with E-state index in [-0.39, 0.29) is 11.5 Å². The highest BCUT2D eigenvalue weighted by Crippen LogP contribution is 2.25. The van der Waals surface area contributed by atoms with Crippen LogP contribution in [0.1, 0.15) is 46.2 Å². The molecule has 1 aromatic rings. The molecule has 0 saturated carbocycles. The predicted octanol–water partition coefficient (Wildman–Crippen LogP) is 2.93. The molecule has 5 heteroatoms. The third-order valence-corrected chi connectivity index (χ3v) is 5.78. The molecule has 1 atom stereocenters. The van der Waals surface area contributed by atoms with Gasteiger partial charge in [-0.05, 0) is 43.0 Å². The Morgan fingerprint density at radius 1 is 1.19 bits per heavy atom. The van der Waals surface area contributed by atoms with Gasteiger partial charge in [0.05, 0.1) is 4.90 Å². The smallest absolute Gasteiger partial charge is 0.240 e. The Labute approximate surface area is 129 Å². The van der Waals surface area contributed by atoms with Gasteiger partial charge in [-0.3, -0.25) is 0 Å². The van der Waals surface area contributed by atoms with Gasteiger partial charge >= 0.3 is 0 Å². The second kappa shape index (κ2) is 6.90. The molecule has 0 fully saturated rings. The van der Waals surface area contributed by atoms with E-state index in [1.165, 1.54) is 0 Å². The van der Waals surface area contributed by atoms with Crippen molar-refractivity contribution in [3.05, 3.63) is 29.8 Å². The first-order valence-corrected chi connectivity index (χ1v) is 8.85. The minimum atomic E-state index is -3.47. The monoisotopic (exact) mass is 312 g/mol. The van der Waals surface area contributed by atoms with E-state index in [4.69, 9.17) is 0 Å². The van der Waals surface area contributed by atoms with Crippen LogP contribution in [-0.2, 0) is 10.0 Å². The SMILES string of the molecule is CNC(C)c1cccc(S(=O)(=O)NCC(C)(C)C(C)C)c1. The van der Waals surface area contributed by atoms with Gasteiger partial charge in [-0.1, -0.05) is 39.8 Å². The van der Waals surface area contributed by atoms with Crippen molar-refractivity contribution in [2.75, 3.05) is 13.6 Å². The molecule has 0 heterocycles. The number of benzene rings is 1. The van der Waals surface area contributed by atoms with Crippen molar-refractivity contribution in [3.8, 4) is 0 Å². The zero-order valence-electron chi connectivity index (χ0n) is 13.9. The molecule has 120 valence electrons. The third-order valence-electron chi connectivity index (χ3n) is 4.38. The fourth-order valence-electron chi connectivity index (χ4n) is 1.69. The first kappa shape index (κ1) is 18.1. The maximum atomic E-state index is 12.4. The summed E-state index contributed by atoms with van der Waals surface area (Å²) in [5.74, 6) is 0.399. The Kier molecular flexibility index (Phi) is 5.96. The van der Waals surface area contributed by atoms with Crippen LogP contribution in [0.3, 0.4) is 0 Å². The average Bonchev–Trinajstić information content (AvgIpc) is 2.44. The molecule has 1 rings (SSSR count). The van der Waals surface area contributed by atoms with Gasteiger partial charge in [-0.2, -0.15) is 0 Å². The van der Waals surface area contributed by atoms with Crippen molar-refractivity contribution in [1.29, 1.82) is 0 Å². The highest BCUT2D eigenvalue weighted by Gasteiger charge is 2.25. The normalized spacial score (nSPS) is 14.4. The van der Waals surface area contributed by atoms with Gasteiger partial charge in [0, 0.05) is 12.6 Å². The molecule has 0 aliphatic carbocycles. The molecule has 0 aliphatic heterocycles. The lowest BCUT2D eigenvalue weighted by Gasteiger charge is -2.29. The minimum absolute atomic E-state index is 0.0804. The van der Waals surface area contributed by atoms with Crippen molar-refractivity contribution in [1.82, 2.24) is 10.0 Å². The maximum Gasteiger partial charge on any atom is 0.240 e. The van der Waals surface area contributed by atoms with E-state index in [2.05, 4.69) is 37.7 Å². The van der Waals surface area contributed by atoms with Gasteiger partial charge in [-0.15, -0.1) is 0 Å². The largest absolute Gasteiger partial charge is 0.313 e. The molecule has 21 heavy (non-hydrogen) atoms. The van der Waals surface area contributed by atoms with Crippen LogP contribution in [0, 0.1) is 11.3 Å². The van der Waals surface area contributed by atoms with E-state index in [1.54, 1.807) is 18.2 Å². The Hall–Kier alpha value is -0.910. The molecule has 0 bridgehead atoms. The Morgan fingerprint density at radius 3 is 2.33 bits per heavy atom. The third kappa shape index (κ3) is 4.80. The van der Waals surface area contributed by atoms with E-state index in [1.807, 2.05) is 20.0 Å². The number of hydrogen-bond acceptors (Lipinski definition) is 3. The highest BCUT2D eigenvalue weighted by molar-refractivity contribution is 7.89. The zero-order chi connectivity index (χ0) is 16.3. The average molecular weight is 312 g/mol. The van der Waals surface area contributed by atoms with Crippen LogP contribution in [0.4, 0.5) is 0 Å². The second-order valence-corrected chi connectivity index (χ2v) is 8.32. The maximum absolute atomic E-state index is 12.4. The standard InChI is InChI=1S/C16H28N2O2S/c1-12(2)16(4,5)11-18-21(19,20)15-9-7-8-14(10-15)13(3)17-6/h7-10,12-13,17-18H,11H2,1-6H3. The van der Waals surface area contributed by atoms with Gasteiger partial charge < -0.3 is 5.32 Å². The molecule has 0 radical (unpaired) electrons. The summed E-state index contributed by atoms with van der Waals surface area (Å²) in [6.07, 6.45) is 0. The zero-order valence-corrected chi connectivity index (χ0v) is 14.7. The van der Waals surface area contributed by atoms with Crippen molar-refractivity contribution in [2.45, 2.75) is 45.6 Å². The molecular formula is C16H28N2O2S. The van der Waals surface area contributed by atoms with Crippen LogP contribution in [0.15, 0.2) is 29.2 Å². The first-order chi connectivity index (χ1) is 9.60. The Bertz CT molecular complexity index is 565. The van der Waals surface area contributed by atoms with Crippen LogP contribution in [0.2, 0.25) is 0 Å². The van der Waals surface area contributed by atoms with Crippen LogP contribution in [0.25, 0.3) is 0 Å². The molecule has 0 saturated heterocycles. The topological polar surface area (TPSA) is 58.2 Å². The fourth-order valence-corrected chi connectivity index (χ4v) is 2.96. The Morgan fingerprint density at radius 2 is 1.81 bits per heavy atom. The van der Waals surface area contributed by atoms with E-state index in [9.17, 15) is 8.42 Å². The molecule has 1 unspecified atom stereocenters. The molecular weight excluding hydrogens is 284 g/mol. The van der Waals surface area contributed by atoms with Crippen molar-refractivity contribution in [2.24, 2.45) is 11.3 Å². The van der Waals surface area contributed by atoms with Crippen LogP contribution >= 0.6 is 0 Å². The van der Waals surface area contributed by atoms with E-state index in [0.717, 1.165) is 5.56 Å². The van der Waals surface area contributed by atoms with Crippen LogP contribution < -0.4 is 10.0 Å². The summed E-state index contributed by atoms with van der Waals surface area (Å²) in [4.78, 5) is 0.321. The highest BCUT2D eigenvalue weighted by atomic mass is 32.2. The van der Waals surface area contributed by atoms with E-state index >= 15 is 0 Å². The number of rotatable bonds is 7. The molecule has 4 nitrogen and oxygen atoms in total. The first-order valence-electron chi connectivity index (χ1n) is 7.37. The molecule has 0 aromatic heterocycles. The molecule has 0 amide bonds. The van der Waals surface area contributed by atoms with Gasteiger partial charge in [0.25, 0.3) is 0 Å². The summed E-state index contributed by atoms with van der Waals surface area (Å²) in [6.45, 7) is 10.8. The summed E-state index contributed by atoms with van der Waals surface area (Å²) in [5.41, 5.74) is 0.881. The number of hydrogen-bond donors (Lipinski definition) is 2. The van der Waals surface area contributed by atoms with E-state index in [0.29, 0.717) is 17.4 Å². The summed E-state index contributed by atoms with van der Waals surface area (Å²) in [6, 6.07) is 7.19. The van der Waals surface area contributed by atoms with Gasteiger partial charge in [0.15, 0.2) is 0 Å². The van der Waals surface area contributed by atoms with Crippen molar-refractivity contribution >= 4 is 10.0 Å².